The molecule has 77 valence electrons. The molecule has 0 saturated heterocycles. The van der Waals surface area contributed by atoms with Gasteiger partial charge in [0.15, 0.2) is 0 Å². The van der Waals surface area contributed by atoms with Crippen LogP contribution in [0.15, 0.2) is 0 Å². The average molecular weight is 185 g/mol. The molecule has 1 unspecified atom stereocenters. The third kappa shape index (κ3) is 6.62. The van der Waals surface area contributed by atoms with E-state index < -0.39 is 0 Å². The minimum absolute atomic E-state index is 0.185. The number of hydrogen-bond donors (Lipinski definition) is 0. The molecule has 0 aliphatic heterocycles. The Labute approximate surface area is 81.7 Å². The minimum atomic E-state index is -0.185. The van der Waals surface area contributed by atoms with Gasteiger partial charge in [-0.25, -0.2) is 0 Å². The Morgan fingerprint density at radius 2 is 2.15 bits per heavy atom. The van der Waals surface area contributed by atoms with Gasteiger partial charge >= 0.3 is 5.97 Å². The van der Waals surface area contributed by atoms with Crippen molar-refractivity contribution < 1.29 is 9.53 Å². The summed E-state index contributed by atoms with van der Waals surface area (Å²) >= 11 is 0. The Balaban J connectivity index is 3.52. The maximum atomic E-state index is 10.8. The van der Waals surface area contributed by atoms with Crippen molar-refractivity contribution in [3.05, 3.63) is 6.92 Å². The molecule has 0 amide bonds. The van der Waals surface area contributed by atoms with Gasteiger partial charge in [0.05, 0.1) is 6.61 Å². The lowest BCUT2D eigenvalue weighted by atomic mass is 10.0. The summed E-state index contributed by atoms with van der Waals surface area (Å²) in [5.74, 6) is 0.352. The van der Waals surface area contributed by atoms with Gasteiger partial charge in [-0.15, -0.1) is 0 Å². The molecule has 0 heterocycles. The maximum Gasteiger partial charge on any atom is 0.305 e. The van der Waals surface area contributed by atoms with Gasteiger partial charge in [-0.3, -0.25) is 4.79 Å². The molecule has 2 heteroatoms. The summed E-state index contributed by atoms with van der Waals surface area (Å²) in [6, 6.07) is 0. The second-order valence-corrected chi connectivity index (χ2v) is 3.35. The molecule has 1 radical (unpaired) electrons. The summed E-state index contributed by atoms with van der Waals surface area (Å²) < 4.78 is 5.04. The van der Waals surface area contributed by atoms with Gasteiger partial charge in [0.1, 0.15) is 0 Å². The van der Waals surface area contributed by atoms with Crippen LogP contribution in [0.4, 0.5) is 0 Å². The van der Waals surface area contributed by atoms with Crippen LogP contribution in [0, 0.1) is 12.8 Å². The summed E-state index contributed by atoms with van der Waals surface area (Å²) in [5.41, 5.74) is 0. The molecule has 0 N–H and O–H groups in total. The Morgan fingerprint density at radius 3 is 2.62 bits per heavy atom. The van der Waals surface area contributed by atoms with Crippen molar-refractivity contribution in [3.8, 4) is 0 Å². The van der Waals surface area contributed by atoms with Crippen LogP contribution in [0.3, 0.4) is 0 Å². The molecule has 0 aromatic rings. The van der Waals surface area contributed by atoms with Gasteiger partial charge in [0.2, 0.25) is 0 Å². The standard InChI is InChI=1S/C11H21O2/c1-4-7-8-10(5-2)9-13-11(12)6-3/h10H,3-9H2,1-2H3. The quantitative estimate of drug-likeness (QED) is 0.570. The van der Waals surface area contributed by atoms with E-state index in [0.717, 1.165) is 12.8 Å². The van der Waals surface area contributed by atoms with E-state index in [-0.39, 0.29) is 12.4 Å². The van der Waals surface area contributed by atoms with Crippen molar-refractivity contribution in [2.24, 2.45) is 5.92 Å². The topological polar surface area (TPSA) is 26.3 Å². The first-order valence-corrected chi connectivity index (χ1v) is 5.19. The molecule has 0 rings (SSSR count). The first-order valence-electron chi connectivity index (χ1n) is 5.19. The van der Waals surface area contributed by atoms with Crippen LogP contribution in [0.1, 0.15) is 46.0 Å². The fraction of sp³-hybridized carbons (Fsp3) is 0.818. The SMILES string of the molecule is [CH2]CC(=O)OCC(CC)CCCC. The average Bonchev–Trinajstić information content (AvgIpc) is 2.17. The Bertz CT molecular complexity index is 132. The number of carbonyl (C=O) groups excluding carboxylic acids is 1. The van der Waals surface area contributed by atoms with Crippen molar-refractivity contribution >= 4 is 5.97 Å². The van der Waals surface area contributed by atoms with Crippen LogP contribution >= 0.6 is 0 Å². The molecule has 1 atom stereocenters. The van der Waals surface area contributed by atoms with E-state index in [4.69, 9.17) is 4.74 Å². The lowest BCUT2D eigenvalue weighted by molar-refractivity contribution is -0.144. The highest BCUT2D eigenvalue weighted by atomic mass is 16.5. The zero-order chi connectivity index (χ0) is 10.1. The van der Waals surface area contributed by atoms with Crippen molar-refractivity contribution in [3.63, 3.8) is 0 Å². The van der Waals surface area contributed by atoms with Gasteiger partial charge < -0.3 is 4.74 Å². The number of ether oxygens (including phenoxy) is 1. The predicted molar refractivity (Wildman–Crippen MR) is 54.2 cm³/mol. The smallest absolute Gasteiger partial charge is 0.305 e. The molecular weight excluding hydrogens is 164 g/mol. The van der Waals surface area contributed by atoms with Crippen molar-refractivity contribution in [2.45, 2.75) is 46.0 Å². The van der Waals surface area contributed by atoms with E-state index in [0.29, 0.717) is 12.5 Å². The number of unbranched alkanes of at least 4 members (excludes halogenated alkanes) is 1. The summed E-state index contributed by atoms with van der Waals surface area (Å²) in [4.78, 5) is 10.8. The molecule has 0 spiro atoms. The summed E-state index contributed by atoms with van der Waals surface area (Å²) in [6.07, 6.45) is 4.92. The molecule has 0 bridgehead atoms. The molecule has 0 aliphatic rings. The molecule has 0 aromatic heterocycles. The lowest BCUT2D eigenvalue weighted by Crippen LogP contribution is -2.12. The molecule has 13 heavy (non-hydrogen) atoms. The third-order valence-corrected chi connectivity index (χ3v) is 2.23. The van der Waals surface area contributed by atoms with Crippen LogP contribution in [0.25, 0.3) is 0 Å². The number of hydrogen-bond acceptors (Lipinski definition) is 2. The van der Waals surface area contributed by atoms with E-state index in [1.165, 1.54) is 12.8 Å². The minimum Gasteiger partial charge on any atom is -0.465 e. The fourth-order valence-electron chi connectivity index (χ4n) is 1.18. The Hall–Kier alpha value is -0.530. The second-order valence-electron chi connectivity index (χ2n) is 3.35. The molecule has 2 nitrogen and oxygen atoms in total. The van der Waals surface area contributed by atoms with E-state index >= 15 is 0 Å². The molecule has 0 aliphatic carbocycles. The van der Waals surface area contributed by atoms with Crippen LogP contribution in [-0.2, 0) is 9.53 Å². The van der Waals surface area contributed by atoms with Crippen LogP contribution < -0.4 is 0 Å². The van der Waals surface area contributed by atoms with Gasteiger partial charge in [-0.2, -0.15) is 0 Å². The Kier molecular flexibility index (Phi) is 7.76. The highest BCUT2D eigenvalue weighted by Crippen LogP contribution is 2.12. The van der Waals surface area contributed by atoms with Crippen LogP contribution in [-0.4, -0.2) is 12.6 Å². The van der Waals surface area contributed by atoms with E-state index in [9.17, 15) is 4.79 Å². The highest BCUT2D eigenvalue weighted by molar-refractivity contribution is 5.69. The summed E-state index contributed by atoms with van der Waals surface area (Å²) in [6.45, 7) is 8.36. The summed E-state index contributed by atoms with van der Waals surface area (Å²) in [7, 11) is 0. The van der Waals surface area contributed by atoms with Crippen molar-refractivity contribution in [2.75, 3.05) is 6.61 Å². The monoisotopic (exact) mass is 185 g/mol. The normalized spacial score (nSPS) is 12.5. The van der Waals surface area contributed by atoms with E-state index in [1.54, 1.807) is 0 Å². The van der Waals surface area contributed by atoms with E-state index in [1.807, 2.05) is 0 Å². The van der Waals surface area contributed by atoms with Crippen molar-refractivity contribution in [1.29, 1.82) is 0 Å². The van der Waals surface area contributed by atoms with E-state index in [2.05, 4.69) is 20.8 Å². The van der Waals surface area contributed by atoms with Gasteiger partial charge in [-0.1, -0.05) is 33.1 Å². The molecule has 0 saturated carbocycles. The Morgan fingerprint density at radius 1 is 1.46 bits per heavy atom. The van der Waals surface area contributed by atoms with Gasteiger partial charge in [0.25, 0.3) is 0 Å². The maximum absolute atomic E-state index is 10.8. The van der Waals surface area contributed by atoms with Crippen LogP contribution in [0.2, 0.25) is 0 Å². The molecule has 0 aromatic carbocycles. The number of esters is 1. The van der Waals surface area contributed by atoms with Gasteiger partial charge in [0, 0.05) is 6.42 Å². The second kappa shape index (κ2) is 8.09. The predicted octanol–water partition coefficient (Wildman–Crippen LogP) is 2.97. The largest absolute Gasteiger partial charge is 0.465 e. The zero-order valence-electron chi connectivity index (χ0n) is 8.84. The molecular formula is C11H21O2. The first-order chi connectivity index (χ1) is 6.24. The van der Waals surface area contributed by atoms with Gasteiger partial charge in [-0.05, 0) is 19.3 Å². The third-order valence-electron chi connectivity index (χ3n) is 2.23. The van der Waals surface area contributed by atoms with Crippen molar-refractivity contribution in [1.82, 2.24) is 0 Å². The number of rotatable bonds is 7. The lowest BCUT2D eigenvalue weighted by Gasteiger charge is -2.13. The highest BCUT2D eigenvalue weighted by Gasteiger charge is 2.08. The molecule has 0 fully saturated rings. The van der Waals surface area contributed by atoms with Crippen LogP contribution in [0.5, 0.6) is 0 Å². The summed E-state index contributed by atoms with van der Waals surface area (Å²) in [5, 5.41) is 0. The first kappa shape index (κ1) is 12.5. The zero-order valence-corrected chi connectivity index (χ0v) is 8.84. The fourth-order valence-corrected chi connectivity index (χ4v) is 1.18. The number of carbonyl (C=O) groups is 1.